The van der Waals surface area contributed by atoms with Crippen LogP contribution in [0, 0.1) is 6.92 Å². The van der Waals surface area contributed by atoms with Crippen molar-refractivity contribution in [3.05, 3.63) is 73.8 Å². The second-order valence-electron chi connectivity index (χ2n) is 7.60. The van der Waals surface area contributed by atoms with Gasteiger partial charge in [-0.25, -0.2) is 0 Å². The fourth-order valence-corrected chi connectivity index (χ4v) is 4.20. The number of halogens is 1. The Morgan fingerprint density at radius 2 is 1.63 bits per heavy atom. The third-order valence-corrected chi connectivity index (χ3v) is 6.09. The first kappa shape index (κ1) is 19.8. The minimum atomic E-state index is -0.213. The highest BCUT2D eigenvalue weighted by molar-refractivity contribution is 9.10. The lowest BCUT2D eigenvalue weighted by Crippen LogP contribution is -2.15. The van der Waals surface area contributed by atoms with Crippen molar-refractivity contribution >= 4 is 33.2 Å². The van der Waals surface area contributed by atoms with Crippen LogP contribution in [-0.2, 0) is 12.5 Å². The molecule has 27 heavy (non-hydrogen) atoms. The molecule has 3 rings (SSSR count). The van der Waals surface area contributed by atoms with E-state index in [9.17, 15) is 4.79 Å². The lowest BCUT2D eigenvalue weighted by Gasteiger charge is -2.18. The second-order valence-corrected chi connectivity index (χ2v) is 9.70. The van der Waals surface area contributed by atoms with E-state index in [0.29, 0.717) is 10.4 Å². The summed E-state index contributed by atoms with van der Waals surface area (Å²) in [6.07, 6.45) is 0. The SMILES string of the molecule is Cc1sc(=NC(=O)c2ccc(C(C)(C)C)cc2)n(C)c1-c1ccc(Br)cc1. The van der Waals surface area contributed by atoms with E-state index in [4.69, 9.17) is 0 Å². The van der Waals surface area contributed by atoms with Gasteiger partial charge in [0.05, 0.1) is 5.69 Å². The first-order valence-electron chi connectivity index (χ1n) is 8.79. The van der Waals surface area contributed by atoms with Crippen molar-refractivity contribution in [2.24, 2.45) is 12.0 Å². The van der Waals surface area contributed by atoms with Crippen LogP contribution < -0.4 is 4.80 Å². The van der Waals surface area contributed by atoms with Crippen LogP contribution in [0.4, 0.5) is 0 Å². The molecule has 0 aliphatic rings. The van der Waals surface area contributed by atoms with Crippen LogP contribution in [0.3, 0.4) is 0 Å². The molecule has 3 aromatic rings. The van der Waals surface area contributed by atoms with Gasteiger partial charge in [0, 0.05) is 22.0 Å². The molecule has 0 N–H and O–H groups in total. The number of aryl methyl sites for hydroxylation is 1. The van der Waals surface area contributed by atoms with E-state index >= 15 is 0 Å². The first-order chi connectivity index (χ1) is 12.7. The van der Waals surface area contributed by atoms with Crippen LogP contribution in [0.1, 0.15) is 41.6 Å². The van der Waals surface area contributed by atoms with E-state index in [1.807, 2.05) is 48.0 Å². The maximum Gasteiger partial charge on any atom is 0.279 e. The molecule has 0 saturated heterocycles. The van der Waals surface area contributed by atoms with Crippen LogP contribution in [-0.4, -0.2) is 10.5 Å². The third kappa shape index (κ3) is 4.30. The molecular weight excluding hydrogens is 420 g/mol. The van der Waals surface area contributed by atoms with Gasteiger partial charge in [0.15, 0.2) is 4.80 Å². The average Bonchev–Trinajstić information content (AvgIpc) is 2.89. The van der Waals surface area contributed by atoms with Gasteiger partial charge >= 0.3 is 0 Å². The summed E-state index contributed by atoms with van der Waals surface area (Å²) in [4.78, 5) is 18.9. The Kier molecular flexibility index (Phi) is 5.54. The Labute approximate surface area is 172 Å². The van der Waals surface area contributed by atoms with E-state index in [2.05, 4.69) is 60.8 Å². The van der Waals surface area contributed by atoms with Crippen molar-refractivity contribution in [2.75, 3.05) is 0 Å². The quantitative estimate of drug-likeness (QED) is 0.488. The molecule has 3 nitrogen and oxygen atoms in total. The van der Waals surface area contributed by atoms with Crippen LogP contribution in [0.25, 0.3) is 11.3 Å². The van der Waals surface area contributed by atoms with Crippen molar-refractivity contribution < 1.29 is 4.79 Å². The summed E-state index contributed by atoms with van der Waals surface area (Å²) in [6.45, 7) is 8.54. The molecular formula is C22H23BrN2OS. The van der Waals surface area contributed by atoms with Gasteiger partial charge in [-0.3, -0.25) is 4.79 Å². The number of amides is 1. The van der Waals surface area contributed by atoms with Crippen LogP contribution in [0.5, 0.6) is 0 Å². The molecule has 0 aliphatic carbocycles. The molecule has 0 bridgehead atoms. The maximum atomic E-state index is 12.6. The summed E-state index contributed by atoms with van der Waals surface area (Å²) < 4.78 is 3.03. The minimum absolute atomic E-state index is 0.0651. The summed E-state index contributed by atoms with van der Waals surface area (Å²) in [7, 11) is 1.95. The Morgan fingerprint density at radius 1 is 1.04 bits per heavy atom. The lowest BCUT2D eigenvalue weighted by molar-refractivity contribution is 0.0998. The Balaban J connectivity index is 1.97. The number of hydrogen-bond donors (Lipinski definition) is 0. The number of carbonyl (C=O) groups excluding carboxylic acids is 1. The van der Waals surface area contributed by atoms with Crippen molar-refractivity contribution in [3.8, 4) is 11.3 Å². The smallest absolute Gasteiger partial charge is 0.279 e. The van der Waals surface area contributed by atoms with Crippen LogP contribution >= 0.6 is 27.3 Å². The van der Waals surface area contributed by atoms with Gasteiger partial charge in [-0.2, -0.15) is 4.99 Å². The summed E-state index contributed by atoms with van der Waals surface area (Å²) in [5, 5.41) is 0. The molecule has 0 atom stereocenters. The zero-order chi connectivity index (χ0) is 19.8. The van der Waals surface area contributed by atoms with Crippen molar-refractivity contribution in [1.82, 2.24) is 4.57 Å². The number of thiazole rings is 1. The van der Waals surface area contributed by atoms with Gasteiger partial charge in [-0.05, 0) is 47.7 Å². The number of benzene rings is 2. The largest absolute Gasteiger partial charge is 0.319 e. The van der Waals surface area contributed by atoms with Gasteiger partial charge in [0.25, 0.3) is 5.91 Å². The van der Waals surface area contributed by atoms with E-state index in [-0.39, 0.29) is 11.3 Å². The van der Waals surface area contributed by atoms with Crippen molar-refractivity contribution in [1.29, 1.82) is 0 Å². The van der Waals surface area contributed by atoms with Gasteiger partial charge < -0.3 is 4.57 Å². The molecule has 0 unspecified atom stereocenters. The summed E-state index contributed by atoms with van der Waals surface area (Å²) in [6, 6.07) is 15.9. The minimum Gasteiger partial charge on any atom is -0.319 e. The fourth-order valence-electron chi connectivity index (χ4n) is 2.95. The molecule has 0 aliphatic heterocycles. The molecule has 140 valence electrons. The Bertz CT molecular complexity index is 1040. The molecule has 0 spiro atoms. The standard InChI is InChI=1S/C22H23BrN2OS/c1-14-19(15-8-12-18(23)13-9-15)25(5)21(27-14)24-20(26)16-6-10-17(11-7-16)22(2,3)4/h6-13H,1-5H3. The molecule has 1 heterocycles. The van der Waals surface area contributed by atoms with Gasteiger partial charge in [-0.1, -0.05) is 61.0 Å². The highest BCUT2D eigenvalue weighted by Gasteiger charge is 2.15. The zero-order valence-electron chi connectivity index (χ0n) is 16.2. The van der Waals surface area contributed by atoms with Crippen molar-refractivity contribution in [3.63, 3.8) is 0 Å². The molecule has 0 radical (unpaired) electrons. The van der Waals surface area contributed by atoms with E-state index in [1.165, 1.54) is 16.9 Å². The first-order valence-corrected chi connectivity index (χ1v) is 10.4. The maximum absolute atomic E-state index is 12.6. The van der Waals surface area contributed by atoms with Crippen LogP contribution in [0.15, 0.2) is 58.0 Å². The van der Waals surface area contributed by atoms with Gasteiger partial charge in [-0.15, -0.1) is 11.3 Å². The topological polar surface area (TPSA) is 34.4 Å². The number of aromatic nitrogens is 1. The van der Waals surface area contributed by atoms with Gasteiger partial charge in [0.1, 0.15) is 0 Å². The highest BCUT2D eigenvalue weighted by Crippen LogP contribution is 2.26. The Morgan fingerprint density at radius 3 is 2.19 bits per heavy atom. The van der Waals surface area contributed by atoms with Crippen molar-refractivity contribution in [2.45, 2.75) is 33.1 Å². The predicted molar refractivity (Wildman–Crippen MR) is 116 cm³/mol. The van der Waals surface area contributed by atoms with Gasteiger partial charge in [0.2, 0.25) is 0 Å². The number of nitrogens with zero attached hydrogens (tertiary/aromatic N) is 2. The zero-order valence-corrected chi connectivity index (χ0v) is 18.6. The highest BCUT2D eigenvalue weighted by atomic mass is 79.9. The molecule has 5 heteroatoms. The van der Waals surface area contributed by atoms with E-state index in [0.717, 1.165) is 20.6 Å². The normalized spacial score (nSPS) is 12.4. The molecule has 1 amide bonds. The van der Waals surface area contributed by atoms with Crippen LogP contribution in [0.2, 0.25) is 0 Å². The molecule has 2 aromatic carbocycles. The third-order valence-electron chi connectivity index (χ3n) is 4.51. The Hall–Kier alpha value is -1.98. The van der Waals surface area contributed by atoms with E-state index < -0.39 is 0 Å². The number of rotatable bonds is 2. The second kappa shape index (κ2) is 7.56. The molecule has 1 aromatic heterocycles. The summed E-state index contributed by atoms with van der Waals surface area (Å²) >= 11 is 5.00. The predicted octanol–water partition coefficient (Wildman–Crippen LogP) is 5.86. The fraction of sp³-hybridized carbons (Fsp3) is 0.273. The molecule has 0 saturated carbocycles. The number of hydrogen-bond acceptors (Lipinski definition) is 2. The number of carbonyl (C=O) groups is 1. The summed E-state index contributed by atoms with van der Waals surface area (Å²) in [5.74, 6) is -0.213. The lowest BCUT2D eigenvalue weighted by atomic mass is 9.87. The summed E-state index contributed by atoms with van der Waals surface area (Å²) in [5.41, 5.74) is 4.07. The monoisotopic (exact) mass is 442 g/mol. The molecule has 0 fully saturated rings. The average molecular weight is 443 g/mol. The van der Waals surface area contributed by atoms with E-state index in [1.54, 1.807) is 0 Å².